The molecule has 5 nitrogen and oxygen atoms in total. The van der Waals surface area contributed by atoms with Crippen molar-refractivity contribution in [2.45, 2.75) is 33.7 Å². The first-order valence-electron chi connectivity index (χ1n) is 6.93. The van der Waals surface area contributed by atoms with Gasteiger partial charge in [0.2, 0.25) is 0 Å². The number of aromatic hydroxyl groups is 1. The fourth-order valence-electron chi connectivity index (χ4n) is 2.57. The molecule has 21 heavy (non-hydrogen) atoms. The fourth-order valence-corrected chi connectivity index (χ4v) is 2.57. The molecular formula is C16H19NO4. The van der Waals surface area contributed by atoms with Crippen molar-refractivity contribution in [1.82, 2.24) is 4.57 Å². The van der Waals surface area contributed by atoms with Crippen molar-refractivity contribution in [2.24, 2.45) is 0 Å². The minimum absolute atomic E-state index is 0.000815. The number of phenolic OH excluding ortho intramolecular Hbond substituents is 1. The summed E-state index contributed by atoms with van der Waals surface area (Å²) in [6, 6.07) is 4.92. The molecule has 0 bridgehead atoms. The van der Waals surface area contributed by atoms with Gasteiger partial charge in [0.15, 0.2) is 0 Å². The number of aromatic nitrogens is 1. The Kier molecular flexibility index (Phi) is 4.02. The van der Waals surface area contributed by atoms with Gasteiger partial charge >= 0.3 is 5.97 Å². The van der Waals surface area contributed by atoms with E-state index in [1.54, 1.807) is 32.0 Å². The average Bonchev–Trinajstić information content (AvgIpc) is 2.71. The van der Waals surface area contributed by atoms with Gasteiger partial charge in [-0.25, -0.2) is 4.79 Å². The van der Waals surface area contributed by atoms with Crippen LogP contribution in [0.15, 0.2) is 18.2 Å². The number of hydrogen-bond donors (Lipinski definition) is 1. The average molecular weight is 289 g/mol. The zero-order chi connectivity index (χ0) is 15.7. The van der Waals surface area contributed by atoms with Crippen molar-refractivity contribution in [3.63, 3.8) is 0 Å². The molecule has 0 aliphatic rings. The van der Waals surface area contributed by atoms with Crippen molar-refractivity contribution in [3.8, 4) is 5.75 Å². The number of ketones is 1. The molecule has 2 rings (SSSR count). The summed E-state index contributed by atoms with van der Waals surface area (Å²) < 4.78 is 6.63. The SMILES string of the molecule is CCOC(=O)C(=O)c1c(C)c2cc(O)ccc2n1C(C)C. The summed E-state index contributed by atoms with van der Waals surface area (Å²) in [7, 11) is 0. The number of ether oxygens (including phenoxy) is 1. The van der Waals surface area contributed by atoms with Crippen LogP contribution in [0.2, 0.25) is 0 Å². The quantitative estimate of drug-likeness (QED) is 0.534. The van der Waals surface area contributed by atoms with E-state index in [2.05, 4.69) is 0 Å². The lowest BCUT2D eigenvalue weighted by molar-refractivity contribution is -0.137. The first kappa shape index (κ1) is 15.1. The number of nitrogens with zero attached hydrogens (tertiary/aromatic N) is 1. The maximum Gasteiger partial charge on any atom is 0.381 e. The van der Waals surface area contributed by atoms with Gasteiger partial charge < -0.3 is 14.4 Å². The van der Waals surface area contributed by atoms with Gasteiger partial charge in [0.25, 0.3) is 5.78 Å². The Morgan fingerprint density at radius 3 is 2.57 bits per heavy atom. The van der Waals surface area contributed by atoms with Crippen LogP contribution in [0.1, 0.15) is 42.9 Å². The molecule has 0 spiro atoms. The lowest BCUT2D eigenvalue weighted by Gasteiger charge is -2.14. The van der Waals surface area contributed by atoms with E-state index in [1.165, 1.54) is 0 Å². The van der Waals surface area contributed by atoms with E-state index in [9.17, 15) is 14.7 Å². The molecule has 0 unspecified atom stereocenters. The maximum atomic E-state index is 12.4. The lowest BCUT2D eigenvalue weighted by atomic mass is 10.1. The summed E-state index contributed by atoms with van der Waals surface area (Å²) in [5, 5.41) is 10.4. The first-order valence-corrected chi connectivity index (χ1v) is 6.93. The molecule has 0 amide bonds. The maximum absolute atomic E-state index is 12.4. The predicted octanol–water partition coefficient (Wildman–Crippen LogP) is 2.98. The predicted molar refractivity (Wildman–Crippen MR) is 79.7 cm³/mol. The highest BCUT2D eigenvalue weighted by atomic mass is 16.5. The van der Waals surface area contributed by atoms with Gasteiger partial charge in [-0.15, -0.1) is 0 Å². The van der Waals surface area contributed by atoms with Gasteiger partial charge in [-0.05, 0) is 51.5 Å². The molecule has 1 aromatic heterocycles. The summed E-state index contributed by atoms with van der Waals surface area (Å²) >= 11 is 0. The second kappa shape index (κ2) is 5.60. The number of carbonyl (C=O) groups is 2. The third kappa shape index (κ3) is 2.51. The number of Topliss-reactive ketones (excluding diaryl/α,β-unsaturated/α-hetero) is 1. The molecule has 1 heterocycles. The van der Waals surface area contributed by atoms with Crippen LogP contribution in [0.4, 0.5) is 0 Å². The molecule has 0 atom stereocenters. The zero-order valence-electron chi connectivity index (χ0n) is 12.6. The lowest BCUT2D eigenvalue weighted by Crippen LogP contribution is -2.22. The number of hydrogen-bond acceptors (Lipinski definition) is 4. The normalized spacial score (nSPS) is 11.1. The summed E-state index contributed by atoms with van der Waals surface area (Å²) in [6.45, 7) is 7.47. The highest BCUT2D eigenvalue weighted by molar-refractivity contribution is 6.41. The molecule has 0 saturated heterocycles. The Balaban J connectivity index is 2.72. The van der Waals surface area contributed by atoms with Gasteiger partial charge in [0.1, 0.15) is 11.4 Å². The minimum Gasteiger partial charge on any atom is -0.508 e. The van der Waals surface area contributed by atoms with E-state index in [0.29, 0.717) is 11.3 Å². The summed E-state index contributed by atoms with van der Waals surface area (Å²) in [6.07, 6.45) is 0. The van der Waals surface area contributed by atoms with Gasteiger partial charge in [0, 0.05) is 16.9 Å². The second-order valence-electron chi connectivity index (χ2n) is 5.19. The van der Waals surface area contributed by atoms with Crippen LogP contribution in [0, 0.1) is 6.92 Å². The Labute approximate surface area is 123 Å². The van der Waals surface area contributed by atoms with Gasteiger partial charge in [-0.3, -0.25) is 4.79 Å². The van der Waals surface area contributed by atoms with Crippen molar-refractivity contribution in [3.05, 3.63) is 29.5 Å². The van der Waals surface area contributed by atoms with Crippen LogP contribution >= 0.6 is 0 Å². The second-order valence-corrected chi connectivity index (χ2v) is 5.19. The molecule has 1 aromatic carbocycles. The Hall–Kier alpha value is -2.30. The largest absolute Gasteiger partial charge is 0.508 e. The minimum atomic E-state index is -0.852. The third-order valence-electron chi connectivity index (χ3n) is 3.43. The number of esters is 1. The van der Waals surface area contributed by atoms with Crippen LogP contribution in [-0.4, -0.2) is 28.0 Å². The number of benzene rings is 1. The monoisotopic (exact) mass is 289 g/mol. The summed E-state index contributed by atoms with van der Waals surface area (Å²) in [5.74, 6) is -1.38. The van der Waals surface area contributed by atoms with Crippen molar-refractivity contribution < 1.29 is 19.4 Å². The van der Waals surface area contributed by atoms with E-state index in [-0.39, 0.29) is 18.4 Å². The number of rotatable bonds is 4. The molecule has 1 N–H and O–H groups in total. The molecule has 0 aliphatic carbocycles. The fraction of sp³-hybridized carbons (Fsp3) is 0.375. The first-order chi connectivity index (χ1) is 9.88. The van der Waals surface area contributed by atoms with Crippen LogP contribution in [0.25, 0.3) is 10.9 Å². The van der Waals surface area contributed by atoms with Crippen LogP contribution < -0.4 is 0 Å². The number of carbonyl (C=O) groups excluding carboxylic acids is 2. The zero-order valence-corrected chi connectivity index (χ0v) is 12.6. The van der Waals surface area contributed by atoms with E-state index < -0.39 is 11.8 Å². The molecule has 2 aromatic rings. The van der Waals surface area contributed by atoms with Gasteiger partial charge in [-0.2, -0.15) is 0 Å². The topological polar surface area (TPSA) is 68.5 Å². The third-order valence-corrected chi connectivity index (χ3v) is 3.43. The molecule has 0 radical (unpaired) electrons. The molecule has 0 fully saturated rings. The van der Waals surface area contributed by atoms with Crippen molar-refractivity contribution in [2.75, 3.05) is 6.61 Å². The smallest absolute Gasteiger partial charge is 0.381 e. The summed E-state index contributed by atoms with van der Waals surface area (Å²) in [5.41, 5.74) is 1.81. The number of fused-ring (bicyclic) bond motifs is 1. The van der Waals surface area contributed by atoms with E-state index in [4.69, 9.17) is 4.74 Å². The van der Waals surface area contributed by atoms with Gasteiger partial charge in [-0.1, -0.05) is 0 Å². The number of aryl methyl sites for hydroxylation is 1. The van der Waals surface area contributed by atoms with E-state index in [0.717, 1.165) is 10.9 Å². The Bertz CT molecular complexity index is 713. The van der Waals surface area contributed by atoms with Crippen LogP contribution in [-0.2, 0) is 9.53 Å². The summed E-state index contributed by atoms with van der Waals surface area (Å²) in [4.78, 5) is 24.2. The Morgan fingerprint density at radius 1 is 1.33 bits per heavy atom. The molecule has 0 saturated carbocycles. The van der Waals surface area contributed by atoms with Crippen molar-refractivity contribution >= 4 is 22.7 Å². The molecule has 0 aliphatic heterocycles. The van der Waals surface area contributed by atoms with Gasteiger partial charge in [0.05, 0.1) is 6.61 Å². The highest BCUT2D eigenvalue weighted by Crippen LogP contribution is 2.31. The molecular weight excluding hydrogens is 270 g/mol. The standard InChI is InChI=1S/C16H19NO4/c1-5-21-16(20)15(19)14-10(4)12-8-11(18)6-7-13(12)17(14)9(2)3/h6-9,18H,5H2,1-4H3. The molecule has 5 heteroatoms. The van der Waals surface area contributed by atoms with E-state index >= 15 is 0 Å². The number of phenols is 1. The van der Waals surface area contributed by atoms with Crippen LogP contribution in [0.5, 0.6) is 5.75 Å². The molecule has 112 valence electrons. The Morgan fingerprint density at radius 2 is 2.00 bits per heavy atom. The van der Waals surface area contributed by atoms with Crippen molar-refractivity contribution in [1.29, 1.82) is 0 Å². The van der Waals surface area contributed by atoms with E-state index in [1.807, 2.05) is 18.4 Å². The van der Waals surface area contributed by atoms with Crippen LogP contribution in [0.3, 0.4) is 0 Å². The highest BCUT2D eigenvalue weighted by Gasteiger charge is 2.27.